The number of aliphatic hydroxyl groups is 1. The first-order chi connectivity index (χ1) is 14.7. The van der Waals surface area contributed by atoms with Crippen LogP contribution in [0.5, 0.6) is 0 Å². The molecule has 2 aromatic heterocycles. The van der Waals surface area contributed by atoms with Crippen LogP contribution in [0.3, 0.4) is 0 Å². The number of ketones is 1. The second-order valence-corrected chi connectivity index (χ2v) is 8.59. The van der Waals surface area contributed by atoms with Crippen LogP contribution in [0.4, 0.5) is 0 Å². The van der Waals surface area contributed by atoms with Crippen molar-refractivity contribution < 1.29 is 30.0 Å². The van der Waals surface area contributed by atoms with Gasteiger partial charge in [0.2, 0.25) is 0 Å². The van der Waals surface area contributed by atoms with Crippen molar-refractivity contribution in [3.63, 3.8) is 0 Å². The summed E-state index contributed by atoms with van der Waals surface area (Å²) in [6, 6.07) is 16.6. The van der Waals surface area contributed by atoms with Crippen LogP contribution in [0.1, 0.15) is 44.4 Å². The summed E-state index contributed by atoms with van der Waals surface area (Å²) in [5.74, 6) is -0.0625. The van der Waals surface area contributed by atoms with Crippen LogP contribution in [-0.2, 0) is 30.3 Å². The third-order valence-electron chi connectivity index (χ3n) is 5.65. The van der Waals surface area contributed by atoms with Crippen molar-refractivity contribution in [1.82, 2.24) is 9.97 Å². The molecular weight excluding hydrogens is 577 g/mol. The SMILES string of the molecule is CC(=O)/C=C(/C)O.Cc1cc2c3c(nccc3c1)-c1[c-]c3ncccc3cc1C2(C)C.[Ir]. The largest absolute Gasteiger partial charge is 0.512 e. The second kappa shape index (κ2) is 8.93. The maximum absolute atomic E-state index is 10.0. The van der Waals surface area contributed by atoms with Gasteiger partial charge in [-0.2, -0.15) is 0 Å². The molecule has 5 heteroatoms. The van der Waals surface area contributed by atoms with Crippen molar-refractivity contribution in [3.05, 3.63) is 83.4 Å². The summed E-state index contributed by atoms with van der Waals surface area (Å²) < 4.78 is 0. The number of hydrogen-bond donors (Lipinski definition) is 1. The van der Waals surface area contributed by atoms with Crippen LogP contribution in [0.2, 0.25) is 0 Å². The van der Waals surface area contributed by atoms with Crippen molar-refractivity contribution in [1.29, 1.82) is 0 Å². The predicted octanol–water partition coefficient (Wildman–Crippen LogP) is 6.23. The van der Waals surface area contributed by atoms with E-state index in [0.717, 1.165) is 22.2 Å². The van der Waals surface area contributed by atoms with Crippen LogP contribution in [0.25, 0.3) is 32.9 Å². The molecule has 32 heavy (non-hydrogen) atoms. The van der Waals surface area contributed by atoms with Crippen molar-refractivity contribution in [2.24, 2.45) is 0 Å². The molecule has 5 rings (SSSR count). The van der Waals surface area contributed by atoms with Gasteiger partial charge in [-0.25, -0.2) is 0 Å². The number of nitrogens with zero attached hydrogens (tertiary/aromatic N) is 2. The molecule has 0 aliphatic heterocycles. The number of pyridine rings is 2. The summed E-state index contributed by atoms with van der Waals surface area (Å²) in [6.45, 7) is 9.61. The van der Waals surface area contributed by atoms with E-state index < -0.39 is 0 Å². The third-order valence-corrected chi connectivity index (χ3v) is 5.65. The van der Waals surface area contributed by atoms with E-state index in [1.54, 1.807) is 0 Å². The van der Waals surface area contributed by atoms with E-state index in [9.17, 15) is 4.79 Å². The number of aromatic nitrogens is 2. The van der Waals surface area contributed by atoms with Gasteiger partial charge < -0.3 is 10.1 Å². The van der Waals surface area contributed by atoms with Crippen molar-refractivity contribution in [2.75, 3.05) is 0 Å². The van der Waals surface area contributed by atoms with E-state index in [1.165, 1.54) is 47.4 Å². The number of allylic oxidation sites excluding steroid dienone is 2. The number of rotatable bonds is 1. The topological polar surface area (TPSA) is 63.1 Å². The number of benzene rings is 2. The second-order valence-electron chi connectivity index (χ2n) is 8.59. The van der Waals surface area contributed by atoms with Gasteiger partial charge in [-0.05, 0) is 59.8 Å². The van der Waals surface area contributed by atoms with Gasteiger partial charge in [-0.3, -0.25) is 9.78 Å². The zero-order valence-electron chi connectivity index (χ0n) is 18.8. The Morgan fingerprint density at radius 1 is 1.03 bits per heavy atom. The van der Waals surface area contributed by atoms with Gasteiger partial charge in [0.1, 0.15) is 0 Å². The molecule has 2 aromatic carbocycles. The fraction of sp³-hybridized carbons (Fsp3) is 0.222. The van der Waals surface area contributed by atoms with E-state index in [2.05, 4.69) is 62.2 Å². The number of fused-ring (bicyclic) bond motifs is 3. The minimum absolute atomic E-state index is 0. The maximum Gasteiger partial charge on any atom is 0.155 e. The molecule has 165 valence electrons. The van der Waals surface area contributed by atoms with Crippen LogP contribution in [0, 0.1) is 13.0 Å². The van der Waals surface area contributed by atoms with Gasteiger partial charge in [0.25, 0.3) is 0 Å². The molecule has 0 saturated carbocycles. The van der Waals surface area contributed by atoms with Gasteiger partial charge in [0.15, 0.2) is 5.78 Å². The molecule has 1 N–H and O–H groups in total. The Labute approximate surface area is 201 Å². The van der Waals surface area contributed by atoms with E-state index >= 15 is 0 Å². The van der Waals surface area contributed by atoms with Gasteiger partial charge >= 0.3 is 0 Å². The summed E-state index contributed by atoms with van der Waals surface area (Å²) in [7, 11) is 0. The average Bonchev–Trinajstić information content (AvgIpc) is 2.70. The zero-order chi connectivity index (χ0) is 22.3. The van der Waals surface area contributed by atoms with E-state index in [1.807, 2.05) is 18.5 Å². The Morgan fingerprint density at radius 2 is 1.78 bits per heavy atom. The minimum Gasteiger partial charge on any atom is -0.512 e. The first-order valence-corrected chi connectivity index (χ1v) is 10.3. The van der Waals surface area contributed by atoms with Crippen LogP contribution in [0.15, 0.2) is 60.6 Å². The molecule has 4 aromatic rings. The first-order valence-electron chi connectivity index (χ1n) is 10.3. The molecule has 0 saturated heterocycles. The van der Waals surface area contributed by atoms with Crippen molar-refractivity contribution in [3.8, 4) is 11.3 Å². The smallest absolute Gasteiger partial charge is 0.155 e. The van der Waals surface area contributed by atoms with E-state index in [0.29, 0.717) is 0 Å². The number of aliphatic hydroxyl groups excluding tert-OH is 1. The summed E-state index contributed by atoms with van der Waals surface area (Å²) >= 11 is 0. The quantitative estimate of drug-likeness (QED) is 0.160. The summed E-state index contributed by atoms with van der Waals surface area (Å²) in [4.78, 5) is 19.2. The number of hydrogen-bond acceptors (Lipinski definition) is 4. The molecule has 1 aliphatic carbocycles. The standard InChI is InChI=1S/C22H17N2.C5H8O2.Ir/c1-13-9-15-6-8-24-21-16-12-19-14(5-4-7-23-19)11-17(16)22(2,3)18(10-13)20(15)21;1-4(6)3-5(2)7;/h4-11H,1-3H3;3,6H,1-2H3;/q-1;;/b;4-3-;. The number of carbonyl (C=O) groups is 1. The molecule has 0 spiro atoms. The molecule has 4 nitrogen and oxygen atoms in total. The number of aryl methyl sites for hydroxylation is 1. The fourth-order valence-corrected chi connectivity index (χ4v) is 4.32. The molecule has 0 bridgehead atoms. The summed E-state index contributed by atoms with van der Waals surface area (Å²) in [5, 5.41) is 12.0. The van der Waals surface area contributed by atoms with E-state index in [4.69, 9.17) is 10.1 Å². The van der Waals surface area contributed by atoms with Crippen molar-refractivity contribution >= 4 is 27.5 Å². The van der Waals surface area contributed by atoms with Gasteiger partial charge in [-0.1, -0.05) is 49.1 Å². The number of carbonyl (C=O) groups excluding carboxylic acids is 1. The normalized spacial score (nSPS) is 13.6. The van der Waals surface area contributed by atoms with Gasteiger partial charge in [0, 0.05) is 38.6 Å². The Hall–Kier alpha value is -2.88. The summed E-state index contributed by atoms with van der Waals surface area (Å²) in [5.41, 5.74) is 6.86. The van der Waals surface area contributed by atoms with Crippen LogP contribution < -0.4 is 0 Å². The van der Waals surface area contributed by atoms with Crippen molar-refractivity contribution in [2.45, 2.75) is 40.0 Å². The molecule has 1 aliphatic rings. The van der Waals surface area contributed by atoms with E-state index in [-0.39, 0.29) is 37.1 Å². The molecule has 0 fully saturated rings. The van der Waals surface area contributed by atoms with Gasteiger partial charge in [0.05, 0.1) is 5.76 Å². The van der Waals surface area contributed by atoms with Gasteiger partial charge in [-0.15, -0.1) is 23.3 Å². The zero-order valence-corrected chi connectivity index (χ0v) is 21.2. The predicted molar refractivity (Wildman–Crippen MR) is 125 cm³/mol. The Kier molecular flexibility index (Phi) is 6.64. The Bertz CT molecular complexity index is 1370. The molecule has 1 radical (unpaired) electrons. The summed E-state index contributed by atoms with van der Waals surface area (Å²) in [6.07, 6.45) is 4.89. The monoisotopic (exact) mass is 602 g/mol. The minimum atomic E-state index is -0.125. The molecular formula is C27H25IrN2O2-. The third kappa shape index (κ3) is 4.23. The fourth-order valence-electron chi connectivity index (χ4n) is 4.32. The Morgan fingerprint density at radius 3 is 2.44 bits per heavy atom. The molecule has 0 unspecified atom stereocenters. The van der Waals surface area contributed by atoms with Crippen LogP contribution in [-0.4, -0.2) is 20.9 Å². The molecule has 2 heterocycles. The first kappa shape index (κ1) is 23.8. The molecule has 0 atom stereocenters. The maximum atomic E-state index is 10.0. The molecule has 0 amide bonds. The average molecular weight is 602 g/mol. The van der Waals surface area contributed by atoms with Crippen LogP contribution >= 0.6 is 0 Å². The Balaban J connectivity index is 0.000000318.